The number of benzene rings is 1. The number of hydrogen-bond donors (Lipinski definition) is 1. The van der Waals surface area contributed by atoms with Gasteiger partial charge in [0.1, 0.15) is 5.75 Å². The third kappa shape index (κ3) is 6.54. The van der Waals surface area contributed by atoms with Gasteiger partial charge in [0.25, 0.3) is 5.91 Å². The largest absolute Gasteiger partial charge is 0.492 e. The first-order valence-electron chi connectivity index (χ1n) is 12.0. The second-order valence-electron chi connectivity index (χ2n) is 10.2. The molecule has 0 saturated carbocycles. The molecule has 2 aromatic rings. The van der Waals surface area contributed by atoms with E-state index in [0.29, 0.717) is 24.6 Å². The minimum Gasteiger partial charge on any atom is -0.492 e. The van der Waals surface area contributed by atoms with Crippen LogP contribution in [0.25, 0.3) is 0 Å². The van der Waals surface area contributed by atoms with Gasteiger partial charge < -0.3 is 19.4 Å². The summed E-state index contributed by atoms with van der Waals surface area (Å²) in [5.41, 5.74) is -1.25. The molecule has 1 N–H and O–H groups in total. The fourth-order valence-corrected chi connectivity index (χ4v) is 5.22. The predicted molar refractivity (Wildman–Crippen MR) is 128 cm³/mol. The Morgan fingerprint density at radius 3 is 2.71 bits per heavy atom. The average Bonchev–Trinajstić information content (AvgIpc) is 3.54. The summed E-state index contributed by atoms with van der Waals surface area (Å²) in [6.45, 7) is 9.43. The summed E-state index contributed by atoms with van der Waals surface area (Å²) in [6, 6.07) is 3.01. The Morgan fingerprint density at radius 1 is 1.29 bits per heavy atom. The van der Waals surface area contributed by atoms with E-state index >= 15 is 0 Å². The van der Waals surface area contributed by atoms with Crippen molar-refractivity contribution in [3.8, 4) is 5.75 Å². The molecular formula is C25H32F3N3O3S. The quantitative estimate of drug-likeness (QED) is 0.607. The molecule has 2 atom stereocenters. The van der Waals surface area contributed by atoms with Gasteiger partial charge >= 0.3 is 6.18 Å². The molecule has 6 nitrogen and oxygen atoms in total. The SMILES string of the molecule is CC(C)(C)c1cn(C[C@H]2CCCO2)c(=NC(=O)c2cc(C(F)(F)F)ccc2OC[C@H]2CCNC2)s1. The van der Waals surface area contributed by atoms with Crippen LogP contribution in [-0.4, -0.2) is 42.9 Å². The lowest BCUT2D eigenvalue weighted by atomic mass is 9.95. The van der Waals surface area contributed by atoms with E-state index in [4.69, 9.17) is 9.47 Å². The molecule has 0 unspecified atom stereocenters. The third-order valence-corrected chi connectivity index (χ3v) is 7.70. The molecule has 2 aliphatic rings. The van der Waals surface area contributed by atoms with Crippen molar-refractivity contribution < 1.29 is 27.4 Å². The highest BCUT2D eigenvalue weighted by atomic mass is 32.1. The van der Waals surface area contributed by atoms with Crippen molar-refractivity contribution in [2.75, 3.05) is 26.3 Å². The van der Waals surface area contributed by atoms with Crippen molar-refractivity contribution in [2.45, 2.75) is 64.3 Å². The second kappa shape index (κ2) is 10.4. The van der Waals surface area contributed by atoms with Crippen LogP contribution in [0.15, 0.2) is 29.4 Å². The molecule has 35 heavy (non-hydrogen) atoms. The van der Waals surface area contributed by atoms with E-state index < -0.39 is 17.6 Å². The fraction of sp³-hybridized carbons (Fsp3) is 0.600. The molecule has 1 amide bonds. The highest BCUT2D eigenvalue weighted by Crippen LogP contribution is 2.33. The van der Waals surface area contributed by atoms with Gasteiger partial charge in [0, 0.05) is 30.1 Å². The van der Waals surface area contributed by atoms with Crippen molar-refractivity contribution in [3.05, 3.63) is 45.2 Å². The first-order valence-corrected chi connectivity index (χ1v) is 12.8. The number of hydrogen-bond acceptors (Lipinski definition) is 5. The number of aromatic nitrogens is 1. The van der Waals surface area contributed by atoms with Crippen molar-refractivity contribution in [1.29, 1.82) is 0 Å². The van der Waals surface area contributed by atoms with Crippen LogP contribution < -0.4 is 14.9 Å². The monoisotopic (exact) mass is 511 g/mol. The van der Waals surface area contributed by atoms with E-state index in [1.807, 2.05) is 10.8 Å². The highest BCUT2D eigenvalue weighted by Gasteiger charge is 2.32. The summed E-state index contributed by atoms with van der Waals surface area (Å²) in [7, 11) is 0. The summed E-state index contributed by atoms with van der Waals surface area (Å²) < 4.78 is 53.8. The molecule has 0 bridgehead atoms. The van der Waals surface area contributed by atoms with Crippen LogP contribution >= 0.6 is 11.3 Å². The van der Waals surface area contributed by atoms with E-state index in [9.17, 15) is 18.0 Å². The van der Waals surface area contributed by atoms with Crippen molar-refractivity contribution in [1.82, 2.24) is 9.88 Å². The normalized spacial score (nSPS) is 21.6. The van der Waals surface area contributed by atoms with Gasteiger partial charge in [-0.25, -0.2) is 0 Å². The second-order valence-corrected chi connectivity index (χ2v) is 11.2. The summed E-state index contributed by atoms with van der Waals surface area (Å²) in [5.74, 6) is -0.381. The van der Waals surface area contributed by atoms with Gasteiger partial charge in [-0.1, -0.05) is 20.8 Å². The van der Waals surface area contributed by atoms with Gasteiger partial charge in [-0.05, 0) is 49.4 Å². The highest BCUT2D eigenvalue weighted by molar-refractivity contribution is 7.09. The van der Waals surface area contributed by atoms with E-state index in [1.54, 1.807) is 0 Å². The first kappa shape index (κ1) is 25.9. The number of nitrogens with zero attached hydrogens (tertiary/aromatic N) is 2. The molecule has 2 saturated heterocycles. The Morgan fingerprint density at radius 2 is 2.09 bits per heavy atom. The average molecular weight is 512 g/mol. The molecule has 0 aliphatic carbocycles. The Bertz CT molecular complexity index is 1110. The van der Waals surface area contributed by atoms with Crippen LogP contribution in [0.5, 0.6) is 5.75 Å². The molecule has 1 aromatic carbocycles. The van der Waals surface area contributed by atoms with Crippen LogP contribution in [0.1, 0.15) is 60.8 Å². The maximum absolute atomic E-state index is 13.4. The van der Waals surface area contributed by atoms with Crippen molar-refractivity contribution in [3.63, 3.8) is 0 Å². The van der Waals surface area contributed by atoms with E-state index in [1.165, 1.54) is 17.4 Å². The Labute approximate surface area is 207 Å². The summed E-state index contributed by atoms with van der Waals surface area (Å²) in [4.78, 5) is 19.1. The van der Waals surface area contributed by atoms with Crippen LogP contribution in [0.4, 0.5) is 13.2 Å². The van der Waals surface area contributed by atoms with E-state index in [-0.39, 0.29) is 28.7 Å². The number of alkyl halides is 3. The zero-order valence-electron chi connectivity index (χ0n) is 20.3. The van der Waals surface area contributed by atoms with Crippen LogP contribution in [0.2, 0.25) is 0 Å². The number of carbonyl (C=O) groups excluding carboxylic acids is 1. The Kier molecular flexibility index (Phi) is 7.73. The maximum atomic E-state index is 13.4. The van der Waals surface area contributed by atoms with Gasteiger partial charge in [-0.3, -0.25) is 4.79 Å². The number of carbonyl (C=O) groups is 1. The molecule has 2 aliphatic heterocycles. The first-order chi connectivity index (χ1) is 16.5. The van der Waals surface area contributed by atoms with Crippen LogP contribution in [0.3, 0.4) is 0 Å². The van der Waals surface area contributed by atoms with Crippen LogP contribution in [0, 0.1) is 5.92 Å². The molecule has 10 heteroatoms. The molecule has 192 valence electrons. The molecule has 2 fully saturated rings. The zero-order chi connectivity index (χ0) is 25.2. The third-order valence-electron chi connectivity index (χ3n) is 6.25. The Balaban J connectivity index is 1.69. The number of nitrogens with one attached hydrogen (secondary N) is 1. The molecule has 3 heterocycles. The molecule has 4 rings (SSSR count). The minimum atomic E-state index is -4.58. The van der Waals surface area contributed by atoms with Gasteiger partial charge in [0.05, 0.1) is 30.4 Å². The van der Waals surface area contributed by atoms with Gasteiger partial charge in [-0.15, -0.1) is 11.3 Å². The summed E-state index contributed by atoms with van der Waals surface area (Å²) in [5, 5.41) is 3.23. The lowest BCUT2D eigenvalue weighted by molar-refractivity contribution is -0.137. The molecule has 0 spiro atoms. The molecule has 1 aromatic heterocycles. The van der Waals surface area contributed by atoms with Crippen LogP contribution in [-0.2, 0) is 22.9 Å². The lowest BCUT2D eigenvalue weighted by Crippen LogP contribution is -2.24. The van der Waals surface area contributed by atoms with E-state index in [2.05, 4.69) is 31.1 Å². The predicted octanol–water partition coefficient (Wildman–Crippen LogP) is 4.77. The maximum Gasteiger partial charge on any atom is 0.416 e. The topological polar surface area (TPSA) is 64.9 Å². The van der Waals surface area contributed by atoms with Gasteiger partial charge in [0.2, 0.25) is 0 Å². The van der Waals surface area contributed by atoms with Gasteiger partial charge in [0.15, 0.2) is 4.80 Å². The summed E-state index contributed by atoms with van der Waals surface area (Å²) >= 11 is 1.37. The molecular weight excluding hydrogens is 479 g/mol. The minimum absolute atomic E-state index is 0.0268. The number of ether oxygens (including phenoxy) is 2. The van der Waals surface area contributed by atoms with Crippen molar-refractivity contribution in [2.24, 2.45) is 10.9 Å². The standard InChI is InChI=1S/C25H32F3N3O3S/c1-24(2,3)21-14-31(13-18-5-4-10-33-18)23(35-21)30-22(32)19-11-17(25(26,27)28)6-7-20(19)34-15-16-8-9-29-12-16/h6-7,11,14,16,18,29H,4-5,8-10,12-13,15H2,1-3H3/t16-,18+/m0/s1. The lowest BCUT2D eigenvalue weighted by Gasteiger charge is -2.15. The smallest absolute Gasteiger partial charge is 0.416 e. The zero-order valence-corrected chi connectivity index (χ0v) is 21.1. The number of rotatable bonds is 6. The van der Waals surface area contributed by atoms with E-state index in [0.717, 1.165) is 49.4 Å². The molecule has 0 radical (unpaired) electrons. The number of halogens is 3. The number of amides is 1. The summed E-state index contributed by atoms with van der Waals surface area (Å²) in [6.07, 6.45) is 0.235. The van der Waals surface area contributed by atoms with Crippen molar-refractivity contribution >= 4 is 17.2 Å². The fourth-order valence-electron chi connectivity index (χ4n) is 4.16. The Hall–Kier alpha value is -2.17. The van der Waals surface area contributed by atoms with Gasteiger partial charge in [-0.2, -0.15) is 18.2 Å². The number of thiazole rings is 1.